The minimum absolute atomic E-state index is 0.0805. The molecule has 1 aliphatic rings. The molecule has 24 heavy (non-hydrogen) atoms. The number of nitrogens with zero attached hydrogens (tertiary/aromatic N) is 2. The van der Waals surface area contributed by atoms with Crippen LogP contribution in [0, 0.1) is 16.0 Å². The zero-order chi connectivity index (χ0) is 17.4. The number of hydrogen-bond acceptors (Lipinski definition) is 5. The topological polar surface area (TPSA) is 87.5 Å². The molecule has 2 N–H and O–H groups in total. The number of carbonyl (C=O) groups excluding carboxylic acids is 1. The lowest BCUT2D eigenvalue weighted by Crippen LogP contribution is -2.42. The summed E-state index contributed by atoms with van der Waals surface area (Å²) in [4.78, 5) is 24.5. The molecule has 1 aromatic carbocycles. The number of nitro groups is 1. The smallest absolute Gasteiger partial charge is 0.269 e. The predicted octanol–water partition coefficient (Wildman–Crippen LogP) is 2.24. The fourth-order valence-electron chi connectivity index (χ4n) is 3.08. The number of benzene rings is 1. The fraction of sp³-hybridized carbons (Fsp3) is 0.588. The molecule has 7 heteroatoms. The molecule has 1 atom stereocenters. The summed E-state index contributed by atoms with van der Waals surface area (Å²) in [6, 6.07) is 6.33. The number of non-ortho nitro benzene ring substituents is 1. The molecule has 0 bridgehead atoms. The lowest BCUT2D eigenvalue weighted by molar-refractivity contribution is -0.384. The first-order valence-corrected chi connectivity index (χ1v) is 8.51. The highest BCUT2D eigenvalue weighted by molar-refractivity contribution is 5.76. The van der Waals surface area contributed by atoms with Crippen molar-refractivity contribution in [1.29, 1.82) is 0 Å². The van der Waals surface area contributed by atoms with Crippen molar-refractivity contribution >= 4 is 17.3 Å². The second kappa shape index (κ2) is 9.22. The van der Waals surface area contributed by atoms with E-state index in [-0.39, 0.29) is 11.6 Å². The first-order valence-electron chi connectivity index (χ1n) is 8.51. The highest BCUT2D eigenvalue weighted by Crippen LogP contribution is 2.17. The van der Waals surface area contributed by atoms with E-state index in [0.717, 1.165) is 38.2 Å². The number of piperidine rings is 1. The van der Waals surface area contributed by atoms with Crippen LogP contribution in [-0.2, 0) is 4.79 Å². The average molecular weight is 334 g/mol. The quantitative estimate of drug-likeness (QED) is 0.432. The third kappa shape index (κ3) is 5.49. The summed E-state index contributed by atoms with van der Waals surface area (Å²) >= 11 is 0. The number of likely N-dealkylation sites (tertiary alicyclic amines) is 1. The average Bonchev–Trinajstić information content (AvgIpc) is 2.59. The summed E-state index contributed by atoms with van der Waals surface area (Å²) < 4.78 is 0. The first-order chi connectivity index (χ1) is 11.6. The highest BCUT2D eigenvalue weighted by Gasteiger charge is 2.22. The van der Waals surface area contributed by atoms with E-state index >= 15 is 0 Å². The second-order valence-corrected chi connectivity index (χ2v) is 6.24. The highest BCUT2D eigenvalue weighted by atomic mass is 16.6. The van der Waals surface area contributed by atoms with E-state index in [9.17, 15) is 14.9 Å². The lowest BCUT2D eigenvalue weighted by atomic mass is 9.97. The SMILES string of the molecule is CNCC1CCCN(C(=O)CCCNc2ccc([N+](=O)[O-])cc2)C1. The van der Waals surface area contributed by atoms with Gasteiger partial charge in [-0.3, -0.25) is 14.9 Å². The van der Waals surface area contributed by atoms with Crippen molar-refractivity contribution in [3.63, 3.8) is 0 Å². The van der Waals surface area contributed by atoms with Gasteiger partial charge in [-0.2, -0.15) is 0 Å². The normalized spacial score (nSPS) is 17.5. The third-order valence-electron chi connectivity index (χ3n) is 4.34. The van der Waals surface area contributed by atoms with Crippen LogP contribution < -0.4 is 10.6 Å². The van der Waals surface area contributed by atoms with E-state index in [0.29, 0.717) is 18.9 Å². The Kier molecular flexibility index (Phi) is 6.99. The minimum atomic E-state index is -0.414. The zero-order valence-corrected chi connectivity index (χ0v) is 14.2. The van der Waals surface area contributed by atoms with Crippen LogP contribution in [0.15, 0.2) is 24.3 Å². The van der Waals surface area contributed by atoms with Gasteiger partial charge >= 0.3 is 0 Å². The lowest BCUT2D eigenvalue weighted by Gasteiger charge is -2.32. The van der Waals surface area contributed by atoms with Crippen LogP contribution in [0.4, 0.5) is 11.4 Å². The Balaban J connectivity index is 1.68. The summed E-state index contributed by atoms with van der Waals surface area (Å²) in [6.45, 7) is 3.37. The minimum Gasteiger partial charge on any atom is -0.385 e. The van der Waals surface area contributed by atoms with Crippen LogP contribution in [0.3, 0.4) is 0 Å². The van der Waals surface area contributed by atoms with Crippen molar-refractivity contribution in [2.24, 2.45) is 5.92 Å². The van der Waals surface area contributed by atoms with Crippen molar-refractivity contribution in [3.05, 3.63) is 34.4 Å². The van der Waals surface area contributed by atoms with Crippen LogP contribution in [0.1, 0.15) is 25.7 Å². The fourth-order valence-corrected chi connectivity index (χ4v) is 3.08. The van der Waals surface area contributed by atoms with E-state index in [4.69, 9.17) is 0 Å². The molecule has 1 unspecified atom stereocenters. The number of carbonyl (C=O) groups is 1. The molecule has 1 saturated heterocycles. The monoisotopic (exact) mass is 334 g/mol. The van der Waals surface area contributed by atoms with Crippen LogP contribution >= 0.6 is 0 Å². The van der Waals surface area contributed by atoms with Gasteiger partial charge < -0.3 is 15.5 Å². The van der Waals surface area contributed by atoms with Crippen molar-refractivity contribution < 1.29 is 9.72 Å². The number of nitro benzene ring substituents is 1. The molecule has 0 spiro atoms. The molecule has 1 heterocycles. The first kappa shape index (κ1) is 18.2. The van der Waals surface area contributed by atoms with Crippen LogP contribution in [0.2, 0.25) is 0 Å². The van der Waals surface area contributed by atoms with Crippen molar-refractivity contribution in [2.75, 3.05) is 38.5 Å². The van der Waals surface area contributed by atoms with Crippen molar-refractivity contribution in [1.82, 2.24) is 10.2 Å². The molecular formula is C17H26N4O3. The van der Waals surface area contributed by atoms with E-state index in [2.05, 4.69) is 10.6 Å². The Bertz CT molecular complexity index is 545. The molecule has 1 aromatic rings. The summed E-state index contributed by atoms with van der Waals surface area (Å²) in [6.07, 6.45) is 3.56. The van der Waals surface area contributed by atoms with Crippen molar-refractivity contribution in [2.45, 2.75) is 25.7 Å². The maximum atomic E-state index is 12.3. The maximum absolute atomic E-state index is 12.3. The number of anilines is 1. The van der Waals surface area contributed by atoms with Gasteiger partial charge in [-0.25, -0.2) is 0 Å². The molecule has 132 valence electrons. The number of nitrogens with one attached hydrogen (secondary N) is 2. The molecule has 1 fully saturated rings. The van der Waals surface area contributed by atoms with Gasteiger partial charge in [0.15, 0.2) is 0 Å². The van der Waals surface area contributed by atoms with Crippen molar-refractivity contribution in [3.8, 4) is 0 Å². The summed E-state index contributed by atoms with van der Waals surface area (Å²) in [5.41, 5.74) is 0.914. The van der Waals surface area contributed by atoms with E-state index in [1.807, 2.05) is 11.9 Å². The van der Waals surface area contributed by atoms with Crippen LogP contribution in [0.25, 0.3) is 0 Å². The third-order valence-corrected chi connectivity index (χ3v) is 4.34. The van der Waals surface area contributed by atoms with Gasteiger partial charge in [-0.1, -0.05) is 0 Å². The molecular weight excluding hydrogens is 308 g/mol. The molecule has 0 aromatic heterocycles. The molecule has 0 aliphatic carbocycles. The molecule has 1 aliphatic heterocycles. The number of rotatable bonds is 8. The molecule has 1 amide bonds. The van der Waals surface area contributed by atoms with E-state index < -0.39 is 4.92 Å². The van der Waals surface area contributed by atoms with E-state index in [1.165, 1.54) is 18.6 Å². The Morgan fingerprint density at radius 3 is 2.79 bits per heavy atom. The molecule has 0 radical (unpaired) electrons. The standard InChI is InChI=1S/C17H26N4O3/c1-18-12-14-4-3-11-20(13-14)17(22)5-2-10-19-15-6-8-16(9-7-15)21(23)24/h6-9,14,18-19H,2-5,10-13H2,1H3. The number of hydrogen-bond donors (Lipinski definition) is 2. The van der Waals surface area contributed by atoms with Gasteiger partial charge in [0.1, 0.15) is 0 Å². The molecule has 0 saturated carbocycles. The van der Waals surface area contributed by atoms with Gasteiger partial charge in [-0.15, -0.1) is 0 Å². The van der Waals surface area contributed by atoms with Gasteiger partial charge in [0.2, 0.25) is 5.91 Å². The molecule has 7 nitrogen and oxygen atoms in total. The Hall–Kier alpha value is -2.15. The summed E-state index contributed by atoms with van der Waals surface area (Å²) in [5, 5.41) is 17.0. The van der Waals surface area contributed by atoms with Crippen LogP contribution in [0.5, 0.6) is 0 Å². The van der Waals surface area contributed by atoms with Gasteiger partial charge in [0.25, 0.3) is 5.69 Å². The number of amides is 1. The predicted molar refractivity (Wildman–Crippen MR) is 94.1 cm³/mol. The Morgan fingerprint density at radius 2 is 2.12 bits per heavy atom. The Labute approximate surface area is 142 Å². The largest absolute Gasteiger partial charge is 0.385 e. The maximum Gasteiger partial charge on any atom is 0.269 e. The van der Waals surface area contributed by atoms with E-state index in [1.54, 1.807) is 12.1 Å². The molecule has 2 rings (SSSR count). The van der Waals surface area contributed by atoms with Crippen LogP contribution in [-0.4, -0.2) is 49.0 Å². The summed E-state index contributed by atoms with van der Waals surface area (Å²) in [7, 11) is 1.95. The van der Waals surface area contributed by atoms with Gasteiger partial charge in [-0.05, 0) is 50.9 Å². The van der Waals surface area contributed by atoms with Gasteiger partial charge in [0, 0.05) is 43.9 Å². The second-order valence-electron chi connectivity index (χ2n) is 6.24. The zero-order valence-electron chi connectivity index (χ0n) is 14.2. The van der Waals surface area contributed by atoms with Gasteiger partial charge in [0.05, 0.1) is 4.92 Å². The Morgan fingerprint density at radius 1 is 1.38 bits per heavy atom. The summed E-state index contributed by atoms with van der Waals surface area (Å²) in [5.74, 6) is 0.784.